The second kappa shape index (κ2) is 9.31. The molecular weight excluding hydrogens is 362 g/mol. The number of carbonyl (C=O) groups is 2. The van der Waals surface area contributed by atoms with Crippen LogP contribution in [0, 0.1) is 0 Å². The molecule has 2 aliphatic heterocycles. The maximum Gasteiger partial charge on any atom is 0.410 e. The molecule has 162 valence electrons. The molecule has 0 bridgehead atoms. The Morgan fingerprint density at radius 3 is 2.11 bits per heavy atom. The van der Waals surface area contributed by atoms with E-state index in [-0.39, 0.29) is 18.2 Å². The molecule has 0 spiro atoms. The van der Waals surface area contributed by atoms with Crippen LogP contribution in [0.25, 0.3) is 0 Å². The second-order valence-electron chi connectivity index (χ2n) is 9.55. The summed E-state index contributed by atoms with van der Waals surface area (Å²) in [6.07, 6.45) is 1.23. The highest BCUT2D eigenvalue weighted by Crippen LogP contribution is 2.18. The molecule has 2 aliphatic rings. The first kappa shape index (κ1) is 22.7. The van der Waals surface area contributed by atoms with E-state index in [0.717, 1.165) is 26.1 Å². The number of carbonyl (C=O) groups excluding carboxylic acids is 2. The zero-order valence-electron chi connectivity index (χ0n) is 18.2. The normalized spacial score (nSPS) is 22.1. The molecule has 2 rings (SSSR count). The molecule has 1 atom stereocenters. The summed E-state index contributed by atoms with van der Waals surface area (Å²) in [6.45, 7) is 14.5. The van der Waals surface area contributed by atoms with E-state index in [1.807, 2.05) is 41.5 Å². The van der Waals surface area contributed by atoms with Crippen LogP contribution in [0.15, 0.2) is 0 Å². The van der Waals surface area contributed by atoms with Gasteiger partial charge >= 0.3 is 12.2 Å². The molecule has 2 heterocycles. The van der Waals surface area contributed by atoms with Crippen LogP contribution in [0.2, 0.25) is 0 Å². The first-order valence-corrected chi connectivity index (χ1v) is 10.2. The van der Waals surface area contributed by atoms with Crippen molar-refractivity contribution in [3.63, 3.8) is 0 Å². The van der Waals surface area contributed by atoms with Crippen LogP contribution in [-0.4, -0.2) is 84.7 Å². The van der Waals surface area contributed by atoms with Crippen molar-refractivity contribution >= 4 is 12.2 Å². The predicted octanol–water partition coefficient (Wildman–Crippen LogP) is 2.61. The SMILES string of the molecule is CC(C)(C)OC(=O)N1CCN(C(=O)OC(C)(C)C)C(CNC2CCOCC2)C1. The fourth-order valence-electron chi connectivity index (χ4n) is 3.29. The number of nitrogens with one attached hydrogen (secondary N) is 1. The Bertz CT molecular complexity index is 535. The number of hydrogen-bond donors (Lipinski definition) is 1. The van der Waals surface area contributed by atoms with Gasteiger partial charge in [-0.05, 0) is 54.4 Å². The van der Waals surface area contributed by atoms with Crippen LogP contribution in [-0.2, 0) is 14.2 Å². The zero-order valence-corrected chi connectivity index (χ0v) is 18.2. The molecule has 8 nitrogen and oxygen atoms in total. The van der Waals surface area contributed by atoms with Crippen molar-refractivity contribution in [3.8, 4) is 0 Å². The molecule has 1 unspecified atom stereocenters. The van der Waals surface area contributed by atoms with Gasteiger partial charge in [-0.1, -0.05) is 0 Å². The first-order valence-electron chi connectivity index (χ1n) is 10.2. The van der Waals surface area contributed by atoms with E-state index in [1.165, 1.54) is 0 Å². The van der Waals surface area contributed by atoms with Crippen molar-refractivity contribution in [2.75, 3.05) is 39.4 Å². The average molecular weight is 400 g/mol. The van der Waals surface area contributed by atoms with Gasteiger partial charge in [0.05, 0.1) is 6.04 Å². The monoisotopic (exact) mass is 399 g/mol. The fraction of sp³-hybridized carbons (Fsp3) is 0.900. The summed E-state index contributed by atoms with van der Waals surface area (Å²) in [7, 11) is 0. The van der Waals surface area contributed by atoms with Crippen LogP contribution in [0.5, 0.6) is 0 Å². The molecule has 2 fully saturated rings. The summed E-state index contributed by atoms with van der Waals surface area (Å²) in [5.41, 5.74) is -1.10. The Morgan fingerprint density at radius 2 is 1.54 bits per heavy atom. The number of hydrogen-bond acceptors (Lipinski definition) is 6. The van der Waals surface area contributed by atoms with Crippen LogP contribution in [0.4, 0.5) is 9.59 Å². The van der Waals surface area contributed by atoms with Crippen LogP contribution >= 0.6 is 0 Å². The van der Waals surface area contributed by atoms with E-state index < -0.39 is 11.2 Å². The fourth-order valence-corrected chi connectivity index (χ4v) is 3.29. The molecule has 0 saturated carbocycles. The van der Waals surface area contributed by atoms with Gasteiger partial charge in [0.15, 0.2) is 0 Å². The molecule has 2 saturated heterocycles. The van der Waals surface area contributed by atoms with Gasteiger partial charge in [-0.15, -0.1) is 0 Å². The Kier molecular flexibility index (Phi) is 7.56. The molecule has 28 heavy (non-hydrogen) atoms. The van der Waals surface area contributed by atoms with Crippen molar-refractivity contribution in [3.05, 3.63) is 0 Å². The summed E-state index contributed by atoms with van der Waals surface area (Å²) >= 11 is 0. The molecule has 0 aliphatic carbocycles. The van der Waals surface area contributed by atoms with Gasteiger partial charge in [0.25, 0.3) is 0 Å². The van der Waals surface area contributed by atoms with Gasteiger partial charge in [-0.25, -0.2) is 9.59 Å². The largest absolute Gasteiger partial charge is 0.444 e. The summed E-state index contributed by atoms with van der Waals surface area (Å²) < 4.78 is 16.5. The van der Waals surface area contributed by atoms with Gasteiger partial charge < -0.3 is 29.3 Å². The summed E-state index contributed by atoms with van der Waals surface area (Å²) in [5, 5.41) is 3.54. The molecule has 0 radical (unpaired) electrons. The van der Waals surface area contributed by atoms with Crippen molar-refractivity contribution < 1.29 is 23.8 Å². The van der Waals surface area contributed by atoms with Crippen molar-refractivity contribution in [2.45, 2.75) is 77.7 Å². The molecule has 1 N–H and O–H groups in total. The lowest BCUT2D eigenvalue weighted by molar-refractivity contribution is -0.0155. The zero-order chi connectivity index (χ0) is 20.9. The van der Waals surface area contributed by atoms with Crippen LogP contribution in [0.3, 0.4) is 0 Å². The quantitative estimate of drug-likeness (QED) is 0.786. The average Bonchev–Trinajstić information content (AvgIpc) is 2.57. The second-order valence-corrected chi connectivity index (χ2v) is 9.55. The maximum atomic E-state index is 12.7. The van der Waals surface area contributed by atoms with Gasteiger partial charge in [-0.3, -0.25) is 0 Å². The Hall–Kier alpha value is -1.54. The van der Waals surface area contributed by atoms with Crippen molar-refractivity contribution in [2.24, 2.45) is 0 Å². The van der Waals surface area contributed by atoms with Gasteiger partial charge in [0.1, 0.15) is 11.2 Å². The van der Waals surface area contributed by atoms with Crippen molar-refractivity contribution in [1.82, 2.24) is 15.1 Å². The lowest BCUT2D eigenvalue weighted by atomic mass is 10.1. The highest BCUT2D eigenvalue weighted by molar-refractivity contribution is 5.71. The van der Waals surface area contributed by atoms with Gasteiger partial charge in [0, 0.05) is 45.4 Å². The minimum atomic E-state index is -0.557. The molecule has 0 aromatic carbocycles. The Balaban J connectivity index is 2.02. The first-order chi connectivity index (χ1) is 12.9. The Morgan fingerprint density at radius 1 is 0.964 bits per heavy atom. The summed E-state index contributed by atoms with van der Waals surface area (Å²) in [5.74, 6) is 0. The minimum absolute atomic E-state index is 0.168. The van der Waals surface area contributed by atoms with E-state index >= 15 is 0 Å². The standard InChI is InChI=1S/C20H37N3O5/c1-19(2,3)27-17(24)22-9-10-23(18(25)28-20(4,5)6)16(14-22)13-21-15-7-11-26-12-8-15/h15-16,21H,7-14H2,1-6H3. The smallest absolute Gasteiger partial charge is 0.410 e. The topological polar surface area (TPSA) is 80.3 Å². The lowest BCUT2D eigenvalue weighted by Gasteiger charge is -2.42. The molecule has 0 aromatic heterocycles. The van der Waals surface area contributed by atoms with Gasteiger partial charge in [-0.2, -0.15) is 0 Å². The van der Waals surface area contributed by atoms with Crippen molar-refractivity contribution in [1.29, 1.82) is 0 Å². The molecule has 8 heteroatoms. The van der Waals surface area contributed by atoms with E-state index in [4.69, 9.17) is 14.2 Å². The van der Waals surface area contributed by atoms with Crippen LogP contribution in [0.1, 0.15) is 54.4 Å². The van der Waals surface area contributed by atoms with E-state index in [0.29, 0.717) is 32.2 Å². The summed E-state index contributed by atoms with van der Waals surface area (Å²) in [6, 6.07) is 0.199. The van der Waals surface area contributed by atoms with Crippen LogP contribution < -0.4 is 5.32 Å². The number of rotatable bonds is 3. The predicted molar refractivity (Wildman–Crippen MR) is 106 cm³/mol. The number of nitrogens with zero attached hydrogens (tertiary/aromatic N) is 2. The molecular formula is C20H37N3O5. The van der Waals surface area contributed by atoms with E-state index in [2.05, 4.69) is 5.32 Å². The number of piperazine rings is 1. The minimum Gasteiger partial charge on any atom is -0.444 e. The molecule has 2 amide bonds. The van der Waals surface area contributed by atoms with E-state index in [1.54, 1.807) is 9.80 Å². The highest BCUT2D eigenvalue weighted by Gasteiger charge is 2.36. The van der Waals surface area contributed by atoms with Gasteiger partial charge in [0.2, 0.25) is 0 Å². The number of ether oxygens (including phenoxy) is 3. The number of amides is 2. The summed E-state index contributed by atoms with van der Waals surface area (Å²) in [4.78, 5) is 28.6. The third-order valence-corrected chi connectivity index (χ3v) is 4.63. The highest BCUT2D eigenvalue weighted by atomic mass is 16.6. The third-order valence-electron chi connectivity index (χ3n) is 4.63. The maximum absolute atomic E-state index is 12.7. The lowest BCUT2D eigenvalue weighted by Crippen LogP contribution is -2.61. The third kappa shape index (κ3) is 7.47. The molecule has 0 aromatic rings. The van der Waals surface area contributed by atoms with E-state index in [9.17, 15) is 9.59 Å². The Labute approximate surface area is 168 Å².